The molecule has 5 nitrogen and oxygen atoms in total. The van der Waals surface area contributed by atoms with E-state index in [0.717, 1.165) is 105 Å². The van der Waals surface area contributed by atoms with Crippen LogP contribution in [0.2, 0.25) is 0 Å². The minimum absolute atomic E-state index is 0.576. The van der Waals surface area contributed by atoms with Crippen molar-refractivity contribution in [1.29, 1.82) is 0 Å². The van der Waals surface area contributed by atoms with E-state index in [4.69, 9.17) is 19.4 Å². The molecular weight excluding hydrogens is 829 g/mol. The van der Waals surface area contributed by atoms with Gasteiger partial charge in [-0.25, -0.2) is 15.0 Å². The summed E-state index contributed by atoms with van der Waals surface area (Å²) in [5.41, 5.74) is 16.3. The predicted octanol–water partition coefficient (Wildman–Crippen LogP) is 16.5. The van der Waals surface area contributed by atoms with Gasteiger partial charge in [-0.05, 0) is 87.0 Å². The fourth-order valence-electron chi connectivity index (χ4n) is 9.94. The van der Waals surface area contributed by atoms with Crippen molar-refractivity contribution >= 4 is 43.7 Å². The van der Waals surface area contributed by atoms with Crippen LogP contribution in [0.5, 0.6) is 0 Å². The molecule has 0 radical (unpaired) electrons. The van der Waals surface area contributed by atoms with Gasteiger partial charge in [-0.2, -0.15) is 0 Å². The molecule has 0 aliphatic heterocycles. The van der Waals surface area contributed by atoms with E-state index >= 15 is 0 Å². The number of aromatic nitrogens is 4. The van der Waals surface area contributed by atoms with Crippen molar-refractivity contribution in [2.24, 2.45) is 0 Å². The molecule has 0 saturated heterocycles. The van der Waals surface area contributed by atoms with Gasteiger partial charge in [0.25, 0.3) is 0 Å². The first-order valence-electron chi connectivity index (χ1n) is 22.9. The summed E-state index contributed by atoms with van der Waals surface area (Å²) in [5.74, 6) is 1.78. The molecule has 0 aliphatic carbocycles. The minimum Gasteiger partial charge on any atom is -0.454 e. The summed E-state index contributed by atoms with van der Waals surface area (Å²) >= 11 is 0. The Bertz CT molecular complexity index is 3880. The average molecular weight is 869 g/mol. The lowest BCUT2D eigenvalue weighted by Crippen LogP contribution is -2.01. The van der Waals surface area contributed by atoms with Crippen molar-refractivity contribution in [2.75, 3.05) is 0 Å². The van der Waals surface area contributed by atoms with Crippen LogP contribution in [0.3, 0.4) is 0 Å². The molecule has 5 heteroatoms. The number of fused-ring (bicyclic) bond motifs is 7. The van der Waals surface area contributed by atoms with Crippen LogP contribution in [0.4, 0.5) is 0 Å². The third-order valence-electron chi connectivity index (χ3n) is 13.1. The zero-order valence-corrected chi connectivity index (χ0v) is 36.8. The van der Waals surface area contributed by atoms with E-state index in [2.05, 4.69) is 211 Å². The Balaban J connectivity index is 1.07. The van der Waals surface area contributed by atoms with E-state index in [0.29, 0.717) is 17.5 Å². The van der Waals surface area contributed by atoms with Crippen LogP contribution < -0.4 is 0 Å². The maximum atomic E-state index is 7.08. The molecule has 10 aromatic carbocycles. The molecule has 0 atom stereocenters. The second-order valence-electron chi connectivity index (χ2n) is 17.1. The second kappa shape index (κ2) is 16.4. The van der Waals surface area contributed by atoms with Crippen LogP contribution in [0, 0.1) is 0 Å². The van der Waals surface area contributed by atoms with Crippen LogP contribution in [0.1, 0.15) is 0 Å². The van der Waals surface area contributed by atoms with Gasteiger partial charge in [0.05, 0.1) is 11.0 Å². The molecule has 13 aromatic rings. The molecule has 3 aromatic heterocycles. The number of nitrogens with zero attached hydrogens (tertiary/aromatic N) is 4. The first-order chi connectivity index (χ1) is 33.7. The van der Waals surface area contributed by atoms with Gasteiger partial charge in [0.2, 0.25) is 0 Å². The van der Waals surface area contributed by atoms with Gasteiger partial charge in [-0.3, -0.25) is 0 Å². The van der Waals surface area contributed by atoms with E-state index in [1.165, 1.54) is 5.39 Å². The molecule has 0 aliphatic rings. The summed E-state index contributed by atoms with van der Waals surface area (Å²) in [7, 11) is 0. The van der Waals surface area contributed by atoms with Crippen LogP contribution in [-0.4, -0.2) is 19.5 Å². The molecule has 0 unspecified atom stereocenters. The third kappa shape index (κ3) is 6.68. The fraction of sp³-hybridized carbons (Fsp3) is 0. The molecule has 13 rings (SSSR count). The highest BCUT2D eigenvalue weighted by atomic mass is 16.3. The number of benzene rings is 10. The van der Waals surface area contributed by atoms with Crippen LogP contribution in [-0.2, 0) is 0 Å². The average Bonchev–Trinajstić information content (AvgIpc) is 3.97. The topological polar surface area (TPSA) is 56.7 Å². The van der Waals surface area contributed by atoms with Gasteiger partial charge in [0, 0.05) is 43.9 Å². The van der Waals surface area contributed by atoms with Gasteiger partial charge in [-0.15, -0.1) is 0 Å². The van der Waals surface area contributed by atoms with Crippen molar-refractivity contribution in [2.45, 2.75) is 0 Å². The molecule has 0 N–H and O–H groups in total. The number of furan rings is 1. The molecule has 3 heterocycles. The molecule has 318 valence electrons. The highest BCUT2D eigenvalue weighted by Crippen LogP contribution is 2.45. The molecule has 0 saturated carbocycles. The smallest absolute Gasteiger partial charge is 0.164 e. The molecule has 0 amide bonds. The van der Waals surface area contributed by atoms with Crippen LogP contribution in [0.15, 0.2) is 247 Å². The zero-order valence-electron chi connectivity index (χ0n) is 36.8. The van der Waals surface area contributed by atoms with E-state index in [9.17, 15) is 0 Å². The first kappa shape index (κ1) is 39.2. The number of para-hydroxylation sites is 2. The van der Waals surface area contributed by atoms with Crippen molar-refractivity contribution in [3.63, 3.8) is 0 Å². The van der Waals surface area contributed by atoms with Gasteiger partial charge in [0.15, 0.2) is 23.1 Å². The summed E-state index contributed by atoms with van der Waals surface area (Å²) in [6.07, 6.45) is 0. The molecule has 68 heavy (non-hydrogen) atoms. The molecular formula is C63H40N4O. The van der Waals surface area contributed by atoms with Gasteiger partial charge < -0.3 is 8.98 Å². The van der Waals surface area contributed by atoms with Gasteiger partial charge in [0.1, 0.15) is 5.58 Å². The summed E-state index contributed by atoms with van der Waals surface area (Å²) < 4.78 is 9.41. The first-order valence-corrected chi connectivity index (χ1v) is 22.9. The van der Waals surface area contributed by atoms with Gasteiger partial charge >= 0.3 is 0 Å². The second-order valence-corrected chi connectivity index (χ2v) is 17.1. The van der Waals surface area contributed by atoms with Gasteiger partial charge in [-0.1, -0.05) is 200 Å². The minimum atomic E-state index is 0.576. The monoisotopic (exact) mass is 868 g/mol. The van der Waals surface area contributed by atoms with E-state index in [1.54, 1.807) is 0 Å². The summed E-state index contributed by atoms with van der Waals surface area (Å²) in [4.78, 5) is 15.7. The number of hydrogen-bond donors (Lipinski definition) is 0. The summed E-state index contributed by atoms with van der Waals surface area (Å²) in [6.45, 7) is 0. The Morgan fingerprint density at radius 1 is 0.309 bits per heavy atom. The van der Waals surface area contributed by atoms with E-state index in [1.807, 2.05) is 36.4 Å². The SMILES string of the molecule is c1ccc(-c2nc(-c3ccccc3)nc(-c3cc(-c4c(-c5ccccc5)cccc4-c4ccccc4)ccc3-c3ccc4c(c3)oc3c4ccc4c5ccccc5n(-c5ccccc5)c43)n2)cc1. The Morgan fingerprint density at radius 3 is 1.46 bits per heavy atom. The third-order valence-corrected chi connectivity index (χ3v) is 13.1. The zero-order chi connectivity index (χ0) is 45.0. The lowest BCUT2D eigenvalue weighted by molar-refractivity contribution is 0.671. The quantitative estimate of drug-likeness (QED) is 0.153. The summed E-state index contributed by atoms with van der Waals surface area (Å²) in [6, 6.07) is 85.1. The van der Waals surface area contributed by atoms with E-state index in [-0.39, 0.29) is 0 Å². The van der Waals surface area contributed by atoms with Crippen LogP contribution >= 0.6 is 0 Å². The van der Waals surface area contributed by atoms with E-state index < -0.39 is 0 Å². The maximum absolute atomic E-state index is 7.08. The molecule has 0 bridgehead atoms. The Kier molecular flexibility index (Phi) is 9.43. The molecule has 0 fully saturated rings. The van der Waals surface area contributed by atoms with Crippen molar-refractivity contribution in [3.05, 3.63) is 243 Å². The number of rotatable bonds is 8. The lowest BCUT2D eigenvalue weighted by Gasteiger charge is -2.19. The maximum Gasteiger partial charge on any atom is 0.164 e. The summed E-state index contributed by atoms with van der Waals surface area (Å²) in [5, 5.41) is 4.46. The standard InChI is InChI=1S/C63H40N4O/c1-6-19-41(20-7-1)49-30-18-31-50(42-21-8-2-9-22-42)58(49)46-34-35-48(55(39-46)63-65-61(43-23-10-3-11-24-43)64-62(66-63)44-25-12-4-13-26-44)45-33-36-52-54-38-37-53-51-29-16-17-32-56(51)67(47-27-14-5-15-28-47)59(53)60(54)68-57(52)40-45/h1-40H. The highest BCUT2D eigenvalue weighted by molar-refractivity contribution is 6.21. The Morgan fingerprint density at radius 2 is 0.824 bits per heavy atom. The van der Waals surface area contributed by atoms with Crippen LogP contribution in [0.25, 0.3) is 128 Å². The largest absolute Gasteiger partial charge is 0.454 e. The Labute approximate surface area is 392 Å². The fourth-order valence-corrected chi connectivity index (χ4v) is 9.94. The normalized spacial score (nSPS) is 11.5. The van der Waals surface area contributed by atoms with Crippen molar-refractivity contribution < 1.29 is 4.42 Å². The Hall–Kier alpha value is -9.19. The van der Waals surface area contributed by atoms with Crippen molar-refractivity contribution in [3.8, 4) is 84.4 Å². The predicted molar refractivity (Wildman–Crippen MR) is 279 cm³/mol. The van der Waals surface area contributed by atoms with Crippen molar-refractivity contribution in [1.82, 2.24) is 19.5 Å². The lowest BCUT2D eigenvalue weighted by atomic mass is 9.85. The highest BCUT2D eigenvalue weighted by Gasteiger charge is 2.23. The molecule has 0 spiro atoms. The number of hydrogen-bond acceptors (Lipinski definition) is 4.